The summed E-state index contributed by atoms with van der Waals surface area (Å²) in [6.07, 6.45) is 6.99. The maximum atomic E-state index is 5.93. The SMILES string of the molecule is CSCCCOc1cccc2c1ccn2-c1ccnc(C)n1. The first kappa shape index (κ1) is 14.9. The lowest BCUT2D eigenvalue weighted by Crippen LogP contribution is -2.00. The van der Waals surface area contributed by atoms with E-state index < -0.39 is 0 Å². The zero-order valence-corrected chi connectivity index (χ0v) is 13.6. The van der Waals surface area contributed by atoms with Crippen molar-refractivity contribution in [3.63, 3.8) is 0 Å². The first-order valence-electron chi connectivity index (χ1n) is 7.31. The van der Waals surface area contributed by atoms with Crippen LogP contribution in [0.15, 0.2) is 42.7 Å². The summed E-state index contributed by atoms with van der Waals surface area (Å²) in [6, 6.07) is 10.1. The predicted molar refractivity (Wildman–Crippen MR) is 92.1 cm³/mol. The molecule has 114 valence electrons. The van der Waals surface area contributed by atoms with Crippen LogP contribution in [-0.2, 0) is 0 Å². The first-order valence-corrected chi connectivity index (χ1v) is 8.71. The van der Waals surface area contributed by atoms with Gasteiger partial charge in [-0.1, -0.05) is 6.07 Å². The molecule has 0 bridgehead atoms. The predicted octanol–water partition coefficient (Wildman–Crippen LogP) is 3.86. The van der Waals surface area contributed by atoms with Gasteiger partial charge in [0.15, 0.2) is 0 Å². The molecule has 0 radical (unpaired) electrons. The van der Waals surface area contributed by atoms with Crippen molar-refractivity contribution >= 4 is 22.7 Å². The maximum Gasteiger partial charge on any atom is 0.140 e. The Hall–Kier alpha value is -2.01. The third kappa shape index (κ3) is 3.09. The average molecular weight is 313 g/mol. The first-order chi connectivity index (χ1) is 10.8. The topological polar surface area (TPSA) is 39.9 Å². The van der Waals surface area contributed by atoms with Gasteiger partial charge in [-0.2, -0.15) is 11.8 Å². The number of fused-ring (bicyclic) bond motifs is 1. The van der Waals surface area contributed by atoms with Crippen LogP contribution in [0.2, 0.25) is 0 Å². The highest BCUT2D eigenvalue weighted by Gasteiger charge is 2.08. The van der Waals surface area contributed by atoms with Gasteiger partial charge in [0.2, 0.25) is 0 Å². The van der Waals surface area contributed by atoms with Gasteiger partial charge >= 0.3 is 0 Å². The van der Waals surface area contributed by atoms with Crippen LogP contribution in [0, 0.1) is 6.92 Å². The Morgan fingerprint density at radius 2 is 2.14 bits per heavy atom. The normalized spacial score (nSPS) is 11.0. The van der Waals surface area contributed by atoms with E-state index in [9.17, 15) is 0 Å². The standard InChI is InChI=1S/C17H19N3OS/c1-13-18-9-7-17(19-13)20-10-8-14-15(20)5-3-6-16(14)21-11-4-12-22-2/h3,5-10H,4,11-12H2,1-2H3. The van der Waals surface area contributed by atoms with Gasteiger partial charge in [0.1, 0.15) is 17.4 Å². The Bertz CT molecular complexity index is 769. The molecular weight excluding hydrogens is 294 g/mol. The largest absolute Gasteiger partial charge is 0.493 e. The molecule has 2 aromatic heterocycles. The number of hydrogen-bond acceptors (Lipinski definition) is 4. The molecule has 22 heavy (non-hydrogen) atoms. The Morgan fingerprint density at radius 3 is 2.95 bits per heavy atom. The highest BCUT2D eigenvalue weighted by Crippen LogP contribution is 2.28. The third-order valence-corrected chi connectivity index (χ3v) is 4.15. The van der Waals surface area contributed by atoms with Gasteiger partial charge in [0.25, 0.3) is 0 Å². The number of ether oxygens (including phenoxy) is 1. The summed E-state index contributed by atoms with van der Waals surface area (Å²) in [7, 11) is 0. The Kier molecular flexibility index (Phi) is 4.63. The second kappa shape index (κ2) is 6.83. The molecule has 0 saturated heterocycles. The van der Waals surface area contributed by atoms with Crippen LogP contribution in [0.25, 0.3) is 16.7 Å². The monoisotopic (exact) mass is 313 g/mol. The van der Waals surface area contributed by atoms with Crippen LogP contribution in [-0.4, -0.2) is 33.2 Å². The van der Waals surface area contributed by atoms with E-state index in [1.807, 2.05) is 43.1 Å². The van der Waals surface area contributed by atoms with Crippen molar-refractivity contribution in [2.75, 3.05) is 18.6 Å². The molecule has 3 rings (SSSR count). The molecule has 3 aromatic rings. The highest BCUT2D eigenvalue weighted by atomic mass is 32.2. The molecule has 5 heteroatoms. The summed E-state index contributed by atoms with van der Waals surface area (Å²) >= 11 is 1.84. The molecule has 0 atom stereocenters. The van der Waals surface area contributed by atoms with E-state index in [2.05, 4.69) is 32.9 Å². The molecule has 0 aliphatic carbocycles. The minimum absolute atomic E-state index is 0.748. The van der Waals surface area contributed by atoms with Crippen LogP contribution in [0.5, 0.6) is 5.75 Å². The molecule has 4 nitrogen and oxygen atoms in total. The quantitative estimate of drug-likeness (QED) is 0.648. The highest BCUT2D eigenvalue weighted by molar-refractivity contribution is 7.98. The molecule has 1 aromatic carbocycles. The maximum absolute atomic E-state index is 5.93. The zero-order chi connectivity index (χ0) is 15.4. The van der Waals surface area contributed by atoms with Crippen molar-refractivity contribution in [2.45, 2.75) is 13.3 Å². The summed E-state index contributed by atoms with van der Waals surface area (Å²) in [4.78, 5) is 8.64. The summed E-state index contributed by atoms with van der Waals surface area (Å²) in [6.45, 7) is 2.65. The third-order valence-electron chi connectivity index (χ3n) is 3.45. The van der Waals surface area contributed by atoms with Gasteiger partial charge in [0, 0.05) is 17.8 Å². The molecule has 0 aliphatic rings. The second-order valence-corrected chi connectivity index (χ2v) is 6.02. The number of thioether (sulfide) groups is 1. The molecule has 0 amide bonds. The minimum atomic E-state index is 0.748. The van der Waals surface area contributed by atoms with E-state index in [4.69, 9.17) is 4.74 Å². The fourth-order valence-corrected chi connectivity index (χ4v) is 2.83. The van der Waals surface area contributed by atoms with Gasteiger partial charge in [-0.05, 0) is 49.6 Å². The molecular formula is C17H19N3OS. The Labute approximate surface area is 134 Å². The van der Waals surface area contributed by atoms with Crippen LogP contribution in [0.1, 0.15) is 12.2 Å². The molecule has 2 heterocycles. The van der Waals surface area contributed by atoms with Crippen LogP contribution in [0.3, 0.4) is 0 Å². The number of nitrogens with zero attached hydrogens (tertiary/aromatic N) is 3. The van der Waals surface area contributed by atoms with Crippen molar-refractivity contribution in [3.05, 3.63) is 48.5 Å². The molecule has 0 fully saturated rings. The Balaban J connectivity index is 1.91. The van der Waals surface area contributed by atoms with Gasteiger partial charge in [-0.3, -0.25) is 0 Å². The summed E-state index contributed by atoms with van der Waals surface area (Å²) < 4.78 is 8.00. The summed E-state index contributed by atoms with van der Waals surface area (Å²) in [5.41, 5.74) is 1.10. The van der Waals surface area contributed by atoms with Crippen molar-refractivity contribution < 1.29 is 4.74 Å². The van der Waals surface area contributed by atoms with Gasteiger partial charge in [-0.25, -0.2) is 9.97 Å². The van der Waals surface area contributed by atoms with E-state index in [1.165, 1.54) is 0 Å². The summed E-state index contributed by atoms with van der Waals surface area (Å²) in [5, 5.41) is 1.11. The van der Waals surface area contributed by atoms with Gasteiger partial charge in [0.05, 0.1) is 12.1 Å². The number of rotatable bonds is 6. The zero-order valence-electron chi connectivity index (χ0n) is 12.8. The lowest BCUT2D eigenvalue weighted by molar-refractivity contribution is 0.322. The molecule has 0 unspecified atom stereocenters. The van der Waals surface area contributed by atoms with Crippen molar-refractivity contribution in [2.24, 2.45) is 0 Å². The van der Waals surface area contributed by atoms with E-state index >= 15 is 0 Å². The lowest BCUT2D eigenvalue weighted by atomic mass is 10.2. The van der Waals surface area contributed by atoms with E-state index in [-0.39, 0.29) is 0 Å². The van der Waals surface area contributed by atoms with E-state index in [0.717, 1.165) is 47.1 Å². The van der Waals surface area contributed by atoms with E-state index in [0.29, 0.717) is 0 Å². The van der Waals surface area contributed by atoms with E-state index in [1.54, 1.807) is 6.20 Å². The average Bonchev–Trinajstić information content (AvgIpc) is 2.96. The number of hydrogen-bond donors (Lipinski definition) is 0. The fraction of sp³-hybridized carbons (Fsp3) is 0.294. The minimum Gasteiger partial charge on any atom is -0.493 e. The number of aromatic nitrogens is 3. The molecule has 0 aliphatic heterocycles. The smallest absolute Gasteiger partial charge is 0.140 e. The van der Waals surface area contributed by atoms with Crippen molar-refractivity contribution in [1.82, 2.24) is 14.5 Å². The van der Waals surface area contributed by atoms with Crippen molar-refractivity contribution in [3.8, 4) is 11.6 Å². The Morgan fingerprint density at radius 1 is 1.23 bits per heavy atom. The van der Waals surface area contributed by atoms with Crippen LogP contribution in [0.4, 0.5) is 0 Å². The number of benzene rings is 1. The van der Waals surface area contributed by atoms with Crippen LogP contribution >= 0.6 is 11.8 Å². The second-order valence-electron chi connectivity index (χ2n) is 5.03. The van der Waals surface area contributed by atoms with Gasteiger partial charge < -0.3 is 9.30 Å². The van der Waals surface area contributed by atoms with Gasteiger partial charge in [-0.15, -0.1) is 0 Å². The fourth-order valence-electron chi connectivity index (χ4n) is 2.43. The summed E-state index contributed by atoms with van der Waals surface area (Å²) in [5.74, 6) is 3.70. The number of aryl methyl sites for hydroxylation is 1. The molecule has 0 N–H and O–H groups in total. The van der Waals surface area contributed by atoms with Crippen LogP contribution < -0.4 is 4.74 Å². The lowest BCUT2D eigenvalue weighted by Gasteiger charge is -2.08. The molecule has 0 spiro atoms. The van der Waals surface area contributed by atoms with Crippen molar-refractivity contribution in [1.29, 1.82) is 0 Å². The molecule has 0 saturated carbocycles.